The fourth-order valence-electron chi connectivity index (χ4n) is 1.18. The van der Waals surface area contributed by atoms with Gasteiger partial charge in [0.05, 0.1) is 0 Å². The Morgan fingerprint density at radius 1 is 1.36 bits per heavy atom. The zero-order chi connectivity index (χ0) is 8.10. The van der Waals surface area contributed by atoms with E-state index in [1.54, 1.807) is 0 Å². The van der Waals surface area contributed by atoms with Crippen molar-refractivity contribution in [2.45, 2.75) is 33.2 Å². The van der Waals surface area contributed by atoms with Crippen LogP contribution in [0.5, 0.6) is 0 Å². The van der Waals surface area contributed by atoms with E-state index in [9.17, 15) is 0 Å². The van der Waals surface area contributed by atoms with Gasteiger partial charge < -0.3 is 0 Å². The van der Waals surface area contributed by atoms with Crippen molar-refractivity contribution in [3.63, 3.8) is 0 Å². The highest BCUT2D eigenvalue weighted by molar-refractivity contribution is 5.04. The average molecular weight is 150 g/mol. The van der Waals surface area contributed by atoms with Crippen molar-refractivity contribution in [2.24, 2.45) is 0 Å². The molecule has 0 N–H and O–H groups in total. The summed E-state index contributed by atoms with van der Waals surface area (Å²) in [7, 11) is 0. The molecule has 1 heterocycles. The van der Waals surface area contributed by atoms with Gasteiger partial charge in [-0.2, -0.15) is 0 Å². The largest absolute Gasteiger partial charge is 0.205 e. The van der Waals surface area contributed by atoms with Crippen LogP contribution >= 0.6 is 0 Å². The maximum atomic E-state index is 2.25. The maximum absolute atomic E-state index is 2.25. The van der Waals surface area contributed by atoms with Crippen molar-refractivity contribution in [1.29, 1.82) is 0 Å². The molecule has 0 bridgehead atoms. The molecule has 0 aliphatic rings. The van der Waals surface area contributed by atoms with Crippen LogP contribution in [-0.2, 0) is 13.0 Å². The molecule has 1 nitrogen and oxygen atoms in total. The van der Waals surface area contributed by atoms with Gasteiger partial charge in [0.2, 0.25) is 0 Å². The van der Waals surface area contributed by atoms with Crippen molar-refractivity contribution in [3.8, 4) is 0 Å². The Bertz CT molecular complexity index is 218. The second-order valence-electron chi connectivity index (χ2n) is 2.80. The van der Waals surface area contributed by atoms with E-state index in [-0.39, 0.29) is 0 Å². The normalized spacial score (nSPS) is 10.0. The Labute approximate surface area is 68.7 Å². The van der Waals surface area contributed by atoms with E-state index in [1.807, 2.05) is 0 Å². The van der Waals surface area contributed by atoms with Gasteiger partial charge in [-0.15, -0.1) is 0 Å². The minimum Gasteiger partial charge on any atom is -0.205 e. The molecule has 0 radical (unpaired) electrons. The molecule has 0 aliphatic heterocycles. The van der Waals surface area contributed by atoms with Crippen molar-refractivity contribution in [1.82, 2.24) is 0 Å². The van der Waals surface area contributed by atoms with E-state index in [4.69, 9.17) is 0 Å². The number of hydrogen-bond donors (Lipinski definition) is 0. The molecular weight excluding hydrogens is 134 g/mol. The van der Waals surface area contributed by atoms with Crippen molar-refractivity contribution < 1.29 is 4.57 Å². The topological polar surface area (TPSA) is 3.88 Å². The summed E-state index contributed by atoms with van der Waals surface area (Å²) in [4.78, 5) is 0. The molecule has 0 amide bonds. The molecule has 0 saturated carbocycles. The molecule has 0 fully saturated rings. The van der Waals surface area contributed by atoms with Crippen molar-refractivity contribution in [3.05, 3.63) is 30.1 Å². The van der Waals surface area contributed by atoms with Gasteiger partial charge in [0.25, 0.3) is 0 Å². The second kappa shape index (κ2) is 4.12. The minimum absolute atomic E-state index is 1.13. The lowest BCUT2D eigenvalue weighted by Crippen LogP contribution is -2.32. The van der Waals surface area contributed by atoms with Gasteiger partial charge in [-0.1, -0.05) is 13.8 Å². The number of rotatable bonds is 3. The summed E-state index contributed by atoms with van der Waals surface area (Å²) in [6.07, 6.45) is 6.69. The number of pyridine rings is 1. The highest BCUT2D eigenvalue weighted by atomic mass is 14.9. The standard InChI is InChI=1S/C10H16N/c1-3-7-11-8-5-6-10(4-2)9-11/h5-6,8-9H,3-4,7H2,1-2H3/q+1. The number of hydrogen-bond acceptors (Lipinski definition) is 0. The van der Waals surface area contributed by atoms with Crippen LogP contribution in [0.3, 0.4) is 0 Å². The minimum atomic E-state index is 1.13. The maximum Gasteiger partial charge on any atom is 0.171 e. The Morgan fingerprint density at radius 3 is 2.82 bits per heavy atom. The fraction of sp³-hybridized carbons (Fsp3) is 0.500. The first-order valence-corrected chi connectivity index (χ1v) is 4.34. The molecule has 1 aromatic heterocycles. The summed E-state index contributed by atoms with van der Waals surface area (Å²) in [6, 6.07) is 4.29. The quantitative estimate of drug-likeness (QED) is 0.580. The summed E-state index contributed by atoms with van der Waals surface area (Å²) in [5, 5.41) is 0. The van der Waals surface area contributed by atoms with Gasteiger partial charge in [0.15, 0.2) is 12.4 Å². The predicted octanol–water partition coefficient (Wildman–Crippen LogP) is 1.95. The van der Waals surface area contributed by atoms with Crippen molar-refractivity contribution in [2.75, 3.05) is 0 Å². The lowest BCUT2D eigenvalue weighted by molar-refractivity contribution is -0.697. The first kappa shape index (κ1) is 8.25. The molecule has 0 spiro atoms. The SMILES string of the molecule is CCC[n+]1cccc(CC)c1. The third-order valence-corrected chi connectivity index (χ3v) is 1.81. The number of nitrogens with zero attached hydrogens (tertiary/aromatic N) is 1. The zero-order valence-corrected chi connectivity index (χ0v) is 7.38. The van der Waals surface area contributed by atoms with Crippen LogP contribution in [0.2, 0.25) is 0 Å². The summed E-state index contributed by atoms with van der Waals surface area (Å²) >= 11 is 0. The van der Waals surface area contributed by atoms with Gasteiger partial charge in [-0.25, -0.2) is 4.57 Å². The first-order chi connectivity index (χ1) is 5.36. The third kappa shape index (κ3) is 2.34. The summed E-state index contributed by atoms with van der Waals surface area (Å²) in [6.45, 7) is 5.52. The molecule has 60 valence electrons. The summed E-state index contributed by atoms with van der Waals surface area (Å²) in [5.41, 5.74) is 1.42. The van der Waals surface area contributed by atoms with Crippen LogP contribution in [0.15, 0.2) is 24.5 Å². The highest BCUT2D eigenvalue weighted by Crippen LogP contribution is 1.94. The van der Waals surface area contributed by atoms with Gasteiger partial charge in [0.1, 0.15) is 6.54 Å². The molecule has 0 saturated heterocycles. The molecule has 0 atom stereocenters. The van der Waals surface area contributed by atoms with Crippen LogP contribution in [0.4, 0.5) is 0 Å². The third-order valence-electron chi connectivity index (χ3n) is 1.81. The predicted molar refractivity (Wildman–Crippen MR) is 46.3 cm³/mol. The fourth-order valence-corrected chi connectivity index (χ4v) is 1.18. The summed E-state index contributed by atoms with van der Waals surface area (Å²) < 4.78 is 2.25. The van der Waals surface area contributed by atoms with Gasteiger partial charge in [-0.05, 0) is 12.5 Å². The van der Waals surface area contributed by atoms with Gasteiger partial charge in [-0.3, -0.25) is 0 Å². The molecule has 1 heteroatoms. The average Bonchev–Trinajstić information content (AvgIpc) is 2.06. The molecule has 0 aromatic carbocycles. The van der Waals surface area contributed by atoms with E-state index >= 15 is 0 Å². The van der Waals surface area contributed by atoms with Gasteiger partial charge >= 0.3 is 0 Å². The molecule has 0 aliphatic carbocycles. The Morgan fingerprint density at radius 2 is 2.18 bits per heavy atom. The molecule has 0 unspecified atom stereocenters. The Balaban J connectivity index is 2.74. The monoisotopic (exact) mass is 150 g/mol. The van der Waals surface area contributed by atoms with Gasteiger partial charge in [0, 0.05) is 18.1 Å². The first-order valence-electron chi connectivity index (χ1n) is 4.34. The smallest absolute Gasteiger partial charge is 0.171 e. The van der Waals surface area contributed by atoms with Crippen LogP contribution < -0.4 is 4.57 Å². The molecule has 1 rings (SSSR count). The van der Waals surface area contributed by atoms with Crippen LogP contribution in [-0.4, -0.2) is 0 Å². The highest BCUT2D eigenvalue weighted by Gasteiger charge is 1.97. The van der Waals surface area contributed by atoms with Crippen molar-refractivity contribution >= 4 is 0 Å². The number of aryl methyl sites for hydroxylation is 2. The Kier molecular flexibility index (Phi) is 3.09. The van der Waals surface area contributed by atoms with Crippen LogP contribution in [0.25, 0.3) is 0 Å². The van der Waals surface area contributed by atoms with E-state index in [2.05, 4.69) is 42.9 Å². The van der Waals surface area contributed by atoms with E-state index < -0.39 is 0 Å². The molecular formula is C10H16N+. The van der Waals surface area contributed by atoms with Crippen LogP contribution in [0.1, 0.15) is 25.8 Å². The lowest BCUT2D eigenvalue weighted by atomic mass is 10.2. The van der Waals surface area contributed by atoms with E-state index in [1.165, 1.54) is 12.0 Å². The molecule has 1 aromatic rings. The molecule has 11 heavy (non-hydrogen) atoms. The van der Waals surface area contributed by atoms with E-state index in [0.717, 1.165) is 13.0 Å². The lowest BCUT2D eigenvalue weighted by Gasteiger charge is -1.95. The Hall–Kier alpha value is -0.850. The zero-order valence-electron chi connectivity index (χ0n) is 7.38. The summed E-state index contributed by atoms with van der Waals surface area (Å²) in [5.74, 6) is 0. The van der Waals surface area contributed by atoms with Crippen LogP contribution in [0, 0.1) is 0 Å². The second-order valence-corrected chi connectivity index (χ2v) is 2.80. The van der Waals surface area contributed by atoms with E-state index in [0.29, 0.717) is 0 Å². The number of aromatic nitrogens is 1.